The van der Waals surface area contributed by atoms with E-state index in [-0.39, 0.29) is 11.5 Å². The first kappa shape index (κ1) is 10.4. The summed E-state index contributed by atoms with van der Waals surface area (Å²) in [5.74, 6) is -0.301. The Morgan fingerprint density at radius 3 is 2.71 bits per heavy atom. The van der Waals surface area contributed by atoms with E-state index in [0.717, 1.165) is 0 Å². The van der Waals surface area contributed by atoms with Crippen molar-refractivity contribution in [3.63, 3.8) is 0 Å². The quantitative estimate of drug-likeness (QED) is 0.691. The first-order valence-electron chi connectivity index (χ1n) is 4.15. The minimum atomic E-state index is -0.432. The number of allylic oxidation sites excluding steroid dienone is 1. The van der Waals surface area contributed by atoms with Crippen molar-refractivity contribution in [1.29, 1.82) is 0 Å². The SMILES string of the molecule is COc1ccc(/C=C/C(C)=O)cc1F. The Hall–Kier alpha value is -1.64. The van der Waals surface area contributed by atoms with E-state index in [0.29, 0.717) is 5.56 Å². The number of benzene rings is 1. The molecule has 14 heavy (non-hydrogen) atoms. The van der Waals surface area contributed by atoms with Crippen LogP contribution in [0.5, 0.6) is 5.75 Å². The topological polar surface area (TPSA) is 26.3 Å². The maximum absolute atomic E-state index is 13.1. The zero-order chi connectivity index (χ0) is 10.6. The molecule has 0 aliphatic heterocycles. The molecule has 0 fully saturated rings. The van der Waals surface area contributed by atoms with Gasteiger partial charge in [0.2, 0.25) is 0 Å². The van der Waals surface area contributed by atoms with Crippen LogP contribution in [0, 0.1) is 5.82 Å². The van der Waals surface area contributed by atoms with E-state index in [4.69, 9.17) is 4.74 Å². The molecular formula is C11H11FO2. The van der Waals surface area contributed by atoms with E-state index in [2.05, 4.69) is 0 Å². The predicted molar refractivity (Wildman–Crippen MR) is 52.7 cm³/mol. The maximum atomic E-state index is 13.1. The second-order valence-corrected chi connectivity index (χ2v) is 2.84. The molecule has 1 aromatic carbocycles. The highest BCUT2D eigenvalue weighted by atomic mass is 19.1. The molecule has 0 aliphatic rings. The highest BCUT2D eigenvalue weighted by molar-refractivity contribution is 5.91. The third-order valence-electron chi connectivity index (χ3n) is 1.69. The van der Waals surface area contributed by atoms with Gasteiger partial charge in [-0.25, -0.2) is 4.39 Å². The zero-order valence-electron chi connectivity index (χ0n) is 8.08. The average molecular weight is 194 g/mol. The summed E-state index contributed by atoms with van der Waals surface area (Å²) < 4.78 is 17.9. The predicted octanol–water partition coefficient (Wildman–Crippen LogP) is 2.44. The number of hydrogen-bond acceptors (Lipinski definition) is 2. The van der Waals surface area contributed by atoms with Gasteiger partial charge in [0.25, 0.3) is 0 Å². The number of ether oxygens (including phenoxy) is 1. The molecule has 0 atom stereocenters. The van der Waals surface area contributed by atoms with Crippen molar-refractivity contribution >= 4 is 11.9 Å². The van der Waals surface area contributed by atoms with Crippen LogP contribution >= 0.6 is 0 Å². The molecule has 0 unspecified atom stereocenters. The third-order valence-corrected chi connectivity index (χ3v) is 1.69. The van der Waals surface area contributed by atoms with Gasteiger partial charge in [-0.05, 0) is 30.7 Å². The first-order valence-corrected chi connectivity index (χ1v) is 4.15. The summed E-state index contributed by atoms with van der Waals surface area (Å²) in [5.41, 5.74) is 0.638. The van der Waals surface area contributed by atoms with Crippen molar-refractivity contribution in [3.05, 3.63) is 35.7 Å². The summed E-state index contributed by atoms with van der Waals surface area (Å²) in [6, 6.07) is 4.52. The second kappa shape index (κ2) is 4.56. The standard InChI is InChI=1S/C11H11FO2/c1-8(13)3-4-9-5-6-11(14-2)10(12)7-9/h3-7H,1-2H3/b4-3+. The average Bonchev–Trinajstić information content (AvgIpc) is 2.15. The van der Waals surface area contributed by atoms with Crippen LogP contribution in [0.2, 0.25) is 0 Å². The minimum absolute atomic E-state index is 0.0683. The Morgan fingerprint density at radius 2 is 2.21 bits per heavy atom. The molecule has 0 saturated heterocycles. The lowest BCUT2D eigenvalue weighted by molar-refractivity contribution is -0.112. The molecule has 0 amide bonds. The summed E-state index contributed by atoms with van der Waals surface area (Å²) in [5, 5.41) is 0. The number of hydrogen-bond donors (Lipinski definition) is 0. The summed E-state index contributed by atoms with van der Waals surface area (Å²) >= 11 is 0. The second-order valence-electron chi connectivity index (χ2n) is 2.84. The molecule has 0 heterocycles. The van der Waals surface area contributed by atoms with Crippen LogP contribution in [-0.2, 0) is 4.79 Å². The third kappa shape index (κ3) is 2.69. The Morgan fingerprint density at radius 1 is 1.50 bits per heavy atom. The van der Waals surface area contributed by atoms with Crippen LogP contribution in [0.15, 0.2) is 24.3 Å². The lowest BCUT2D eigenvalue weighted by atomic mass is 10.2. The van der Waals surface area contributed by atoms with E-state index in [9.17, 15) is 9.18 Å². The zero-order valence-corrected chi connectivity index (χ0v) is 8.08. The van der Waals surface area contributed by atoms with Gasteiger partial charge in [0.15, 0.2) is 17.3 Å². The lowest BCUT2D eigenvalue weighted by Gasteiger charge is -2.01. The molecule has 0 aromatic heterocycles. The Kier molecular flexibility index (Phi) is 3.40. The van der Waals surface area contributed by atoms with E-state index in [1.165, 1.54) is 32.2 Å². The van der Waals surface area contributed by atoms with Gasteiger partial charge >= 0.3 is 0 Å². The highest BCUT2D eigenvalue weighted by Crippen LogP contribution is 2.18. The number of halogens is 1. The number of carbonyl (C=O) groups is 1. The summed E-state index contributed by atoms with van der Waals surface area (Å²) in [4.78, 5) is 10.6. The number of methoxy groups -OCH3 is 1. The van der Waals surface area contributed by atoms with Crippen molar-refractivity contribution in [2.24, 2.45) is 0 Å². The van der Waals surface area contributed by atoms with E-state index >= 15 is 0 Å². The molecular weight excluding hydrogens is 183 g/mol. The molecule has 3 heteroatoms. The van der Waals surface area contributed by atoms with E-state index in [1.807, 2.05) is 0 Å². The fraction of sp³-hybridized carbons (Fsp3) is 0.182. The number of ketones is 1. The van der Waals surface area contributed by atoms with Gasteiger partial charge in [-0.1, -0.05) is 12.1 Å². The van der Waals surface area contributed by atoms with Gasteiger partial charge in [0, 0.05) is 0 Å². The Labute approximate surface area is 82.0 Å². The van der Waals surface area contributed by atoms with Gasteiger partial charge in [-0.15, -0.1) is 0 Å². The van der Waals surface area contributed by atoms with Crippen LogP contribution in [-0.4, -0.2) is 12.9 Å². The normalized spacial score (nSPS) is 10.5. The van der Waals surface area contributed by atoms with Crippen molar-refractivity contribution in [3.8, 4) is 5.75 Å². The number of rotatable bonds is 3. The van der Waals surface area contributed by atoms with E-state index in [1.54, 1.807) is 12.1 Å². The van der Waals surface area contributed by atoms with Crippen molar-refractivity contribution in [1.82, 2.24) is 0 Å². The molecule has 0 aliphatic carbocycles. The smallest absolute Gasteiger partial charge is 0.165 e. The van der Waals surface area contributed by atoms with Crippen LogP contribution in [0.4, 0.5) is 4.39 Å². The lowest BCUT2D eigenvalue weighted by Crippen LogP contribution is -1.88. The van der Waals surface area contributed by atoms with Crippen molar-refractivity contribution in [2.75, 3.05) is 7.11 Å². The molecule has 0 N–H and O–H groups in total. The fourth-order valence-corrected chi connectivity index (χ4v) is 1.000. The summed E-state index contributed by atoms with van der Waals surface area (Å²) in [6.07, 6.45) is 2.95. The van der Waals surface area contributed by atoms with E-state index < -0.39 is 5.82 Å². The Balaban J connectivity index is 2.91. The molecule has 0 spiro atoms. The van der Waals surface area contributed by atoms with Gasteiger partial charge < -0.3 is 4.74 Å². The maximum Gasteiger partial charge on any atom is 0.165 e. The van der Waals surface area contributed by atoms with Crippen LogP contribution in [0.3, 0.4) is 0 Å². The molecule has 1 aromatic rings. The molecule has 0 bridgehead atoms. The molecule has 1 rings (SSSR count). The molecule has 0 radical (unpaired) electrons. The monoisotopic (exact) mass is 194 g/mol. The largest absolute Gasteiger partial charge is 0.494 e. The van der Waals surface area contributed by atoms with Gasteiger partial charge in [-0.2, -0.15) is 0 Å². The van der Waals surface area contributed by atoms with Crippen LogP contribution in [0.1, 0.15) is 12.5 Å². The van der Waals surface area contributed by atoms with Gasteiger partial charge in [0.1, 0.15) is 0 Å². The van der Waals surface area contributed by atoms with Gasteiger partial charge in [-0.3, -0.25) is 4.79 Å². The minimum Gasteiger partial charge on any atom is -0.494 e. The molecule has 0 saturated carbocycles. The fourth-order valence-electron chi connectivity index (χ4n) is 1.000. The Bertz CT molecular complexity index is 370. The first-order chi connectivity index (χ1) is 6.63. The molecule has 74 valence electrons. The number of carbonyl (C=O) groups excluding carboxylic acids is 1. The molecule has 2 nitrogen and oxygen atoms in total. The summed E-state index contributed by atoms with van der Waals surface area (Å²) in [7, 11) is 1.41. The van der Waals surface area contributed by atoms with Crippen LogP contribution in [0.25, 0.3) is 6.08 Å². The van der Waals surface area contributed by atoms with Crippen molar-refractivity contribution < 1.29 is 13.9 Å². The van der Waals surface area contributed by atoms with Crippen LogP contribution < -0.4 is 4.74 Å². The van der Waals surface area contributed by atoms with Crippen molar-refractivity contribution in [2.45, 2.75) is 6.92 Å². The van der Waals surface area contributed by atoms with Gasteiger partial charge in [0.05, 0.1) is 7.11 Å². The highest BCUT2D eigenvalue weighted by Gasteiger charge is 2.00. The summed E-state index contributed by atoms with van der Waals surface area (Å²) in [6.45, 7) is 1.44.